The van der Waals surface area contributed by atoms with Gasteiger partial charge in [-0.05, 0) is 42.9 Å². The van der Waals surface area contributed by atoms with Crippen molar-refractivity contribution in [3.63, 3.8) is 0 Å². The maximum atomic E-state index is 12.1. The number of halogens is 2. The van der Waals surface area contributed by atoms with Crippen LogP contribution in [0.2, 0.25) is 5.02 Å². The summed E-state index contributed by atoms with van der Waals surface area (Å²) < 4.78 is 0. The van der Waals surface area contributed by atoms with Crippen LogP contribution in [0.3, 0.4) is 0 Å². The third kappa shape index (κ3) is 3.89. The maximum absolute atomic E-state index is 12.1. The molecule has 0 aliphatic heterocycles. The van der Waals surface area contributed by atoms with E-state index in [4.69, 9.17) is 11.6 Å². The van der Waals surface area contributed by atoms with Crippen molar-refractivity contribution in [3.05, 3.63) is 28.8 Å². The third-order valence-corrected chi connectivity index (χ3v) is 5.06. The van der Waals surface area contributed by atoms with Crippen molar-refractivity contribution >= 4 is 33.4 Å². The average Bonchev–Trinajstić information content (AvgIpc) is 2.47. The third-order valence-electron chi connectivity index (χ3n) is 3.99. The number of phenols is 1. The molecule has 1 saturated carbocycles. The zero-order chi connectivity index (χ0) is 14.5. The van der Waals surface area contributed by atoms with Crippen molar-refractivity contribution in [1.29, 1.82) is 0 Å². The van der Waals surface area contributed by atoms with E-state index in [0.717, 1.165) is 11.8 Å². The molecule has 1 fully saturated rings. The van der Waals surface area contributed by atoms with E-state index in [1.54, 1.807) is 6.07 Å². The monoisotopic (exact) mass is 359 g/mol. The summed E-state index contributed by atoms with van der Waals surface area (Å²) in [5, 5.41) is 14.1. The van der Waals surface area contributed by atoms with Gasteiger partial charge in [-0.1, -0.05) is 40.4 Å². The van der Waals surface area contributed by atoms with E-state index in [-0.39, 0.29) is 17.2 Å². The fraction of sp³-hybridized carbons (Fsp3) is 0.533. The molecule has 20 heavy (non-hydrogen) atoms. The van der Waals surface area contributed by atoms with E-state index in [0.29, 0.717) is 23.4 Å². The Morgan fingerprint density at radius 2 is 2.05 bits per heavy atom. The van der Waals surface area contributed by atoms with Gasteiger partial charge in [-0.3, -0.25) is 4.79 Å². The molecular formula is C15H19BrClNO2. The summed E-state index contributed by atoms with van der Waals surface area (Å²) in [5.74, 6) is 0.835. The van der Waals surface area contributed by atoms with Crippen LogP contribution in [0.1, 0.15) is 36.0 Å². The van der Waals surface area contributed by atoms with E-state index in [1.165, 1.54) is 31.4 Å². The molecule has 2 rings (SSSR count). The second-order valence-electron chi connectivity index (χ2n) is 5.33. The summed E-state index contributed by atoms with van der Waals surface area (Å²) in [4.78, 5) is 12.1. The summed E-state index contributed by atoms with van der Waals surface area (Å²) in [5.41, 5.74) is 0.240. The van der Waals surface area contributed by atoms with Gasteiger partial charge in [0, 0.05) is 16.9 Å². The van der Waals surface area contributed by atoms with Gasteiger partial charge in [0.1, 0.15) is 5.75 Å². The summed E-state index contributed by atoms with van der Waals surface area (Å²) >= 11 is 9.41. The SMILES string of the molecule is O=C(NCC1CCCCC1CBr)c1cc(Cl)ccc1O. The zero-order valence-electron chi connectivity index (χ0n) is 11.2. The Balaban J connectivity index is 1.96. The minimum absolute atomic E-state index is 0.0346. The molecule has 3 nitrogen and oxygen atoms in total. The van der Waals surface area contributed by atoms with Crippen LogP contribution in [0.5, 0.6) is 5.75 Å². The average molecular weight is 361 g/mol. The van der Waals surface area contributed by atoms with Gasteiger partial charge >= 0.3 is 0 Å². The molecule has 0 spiro atoms. The predicted octanol–water partition coefficient (Wildman–Crippen LogP) is 3.98. The molecule has 0 aromatic heterocycles. The molecule has 2 N–H and O–H groups in total. The van der Waals surface area contributed by atoms with Crippen LogP contribution < -0.4 is 5.32 Å². The molecule has 2 unspecified atom stereocenters. The lowest BCUT2D eigenvalue weighted by atomic mass is 9.80. The first-order valence-electron chi connectivity index (χ1n) is 6.94. The molecule has 1 aliphatic rings. The van der Waals surface area contributed by atoms with Crippen LogP contribution in [-0.2, 0) is 0 Å². The predicted molar refractivity (Wildman–Crippen MR) is 84.7 cm³/mol. The molecule has 5 heteroatoms. The van der Waals surface area contributed by atoms with Crippen molar-refractivity contribution in [1.82, 2.24) is 5.32 Å². The lowest BCUT2D eigenvalue weighted by Crippen LogP contribution is -2.34. The number of phenolic OH excluding ortho intramolecular Hbond substituents is 1. The normalized spacial score (nSPS) is 22.5. The quantitative estimate of drug-likeness (QED) is 0.798. The van der Waals surface area contributed by atoms with E-state index in [2.05, 4.69) is 21.2 Å². The number of hydrogen-bond donors (Lipinski definition) is 2. The molecule has 1 aliphatic carbocycles. The first-order valence-corrected chi connectivity index (χ1v) is 8.44. The highest BCUT2D eigenvalue weighted by atomic mass is 79.9. The van der Waals surface area contributed by atoms with E-state index >= 15 is 0 Å². The Hall–Kier alpha value is -0.740. The van der Waals surface area contributed by atoms with Crippen LogP contribution in [0.15, 0.2) is 18.2 Å². The highest BCUT2D eigenvalue weighted by Crippen LogP contribution is 2.31. The summed E-state index contributed by atoms with van der Waals surface area (Å²) in [6, 6.07) is 4.50. The largest absolute Gasteiger partial charge is 0.507 e. The number of nitrogens with one attached hydrogen (secondary N) is 1. The van der Waals surface area contributed by atoms with Crippen LogP contribution in [0.4, 0.5) is 0 Å². The number of aromatic hydroxyl groups is 1. The van der Waals surface area contributed by atoms with E-state index in [9.17, 15) is 9.90 Å². The van der Waals surface area contributed by atoms with E-state index in [1.807, 2.05) is 0 Å². The van der Waals surface area contributed by atoms with Gasteiger partial charge in [-0.2, -0.15) is 0 Å². The van der Waals surface area contributed by atoms with Crippen LogP contribution in [-0.4, -0.2) is 22.9 Å². The topological polar surface area (TPSA) is 49.3 Å². The van der Waals surface area contributed by atoms with Crippen molar-refractivity contribution in [2.45, 2.75) is 25.7 Å². The Kier molecular flexibility index (Phi) is 5.73. The highest BCUT2D eigenvalue weighted by molar-refractivity contribution is 9.09. The summed E-state index contributed by atoms with van der Waals surface area (Å²) in [6.07, 6.45) is 4.87. The number of amides is 1. The summed E-state index contributed by atoms with van der Waals surface area (Å²) in [6.45, 7) is 0.654. The van der Waals surface area contributed by atoms with Gasteiger partial charge in [0.25, 0.3) is 5.91 Å². The molecule has 0 radical (unpaired) electrons. The Morgan fingerprint density at radius 1 is 1.35 bits per heavy atom. The molecule has 2 atom stereocenters. The fourth-order valence-corrected chi connectivity index (χ4v) is 3.79. The van der Waals surface area contributed by atoms with Gasteiger partial charge in [0.2, 0.25) is 0 Å². The van der Waals surface area contributed by atoms with Gasteiger partial charge < -0.3 is 10.4 Å². The second kappa shape index (κ2) is 7.32. The van der Waals surface area contributed by atoms with Gasteiger partial charge in [0.05, 0.1) is 5.56 Å². The zero-order valence-corrected chi connectivity index (χ0v) is 13.6. The second-order valence-corrected chi connectivity index (χ2v) is 6.41. The smallest absolute Gasteiger partial charge is 0.255 e. The fourth-order valence-electron chi connectivity index (χ4n) is 2.77. The van der Waals surface area contributed by atoms with Gasteiger partial charge in [-0.15, -0.1) is 0 Å². The standard InChI is InChI=1S/C15H19BrClNO2/c16-8-10-3-1-2-4-11(10)9-18-15(20)13-7-12(17)5-6-14(13)19/h5-7,10-11,19H,1-4,8-9H2,(H,18,20). The molecule has 0 heterocycles. The Labute approximate surface area is 132 Å². The lowest BCUT2D eigenvalue weighted by Gasteiger charge is -2.30. The highest BCUT2D eigenvalue weighted by Gasteiger charge is 2.24. The van der Waals surface area contributed by atoms with Crippen molar-refractivity contribution < 1.29 is 9.90 Å². The number of benzene rings is 1. The van der Waals surface area contributed by atoms with Crippen molar-refractivity contribution in [2.24, 2.45) is 11.8 Å². The number of hydrogen-bond acceptors (Lipinski definition) is 2. The molecule has 1 aromatic carbocycles. The number of carbonyl (C=O) groups excluding carboxylic acids is 1. The molecule has 1 amide bonds. The molecule has 0 bridgehead atoms. The number of alkyl halides is 1. The number of rotatable bonds is 4. The van der Waals surface area contributed by atoms with Gasteiger partial charge in [-0.25, -0.2) is 0 Å². The van der Waals surface area contributed by atoms with Crippen molar-refractivity contribution in [3.8, 4) is 5.75 Å². The molecule has 1 aromatic rings. The Bertz CT molecular complexity index is 481. The first kappa shape index (κ1) is 15.6. The number of carbonyl (C=O) groups is 1. The maximum Gasteiger partial charge on any atom is 0.255 e. The van der Waals surface area contributed by atoms with Crippen LogP contribution in [0.25, 0.3) is 0 Å². The molecule has 110 valence electrons. The molecular weight excluding hydrogens is 342 g/mol. The first-order chi connectivity index (χ1) is 9.61. The minimum Gasteiger partial charge on any atom is -0.507 e. The van der Waals surface area contributed by atoms with Gasteiger partial charge in [0.15, 0.2) is 0 Å². The van der Waals surface area contributed by atoms with Crippen LogP contribution >= 0.6 is 27.5 Å². The van der Waals surface area contributed by atoms with E-state index < -0.39 is 0 Å². The van der Waals surface area contributed by atoms with Crippen molar-refractivity contribution in [2.75, 3.05) is 11.9 Å². The summed E-state index contributed by atoms with van der Waals surface area (Å²) in [7, 11) is 0. The lowest BCUT2D eigenvalue weighted by molar-refractivity contribution is 0.0934. The Morgan fingerprint density at radius 3 is 2.75 bits per heavy atom. The molecule has 0 saturated heterocycles. The van der Waals surface area contributed by atoms with Crippen LogP contribution in [0, 0.1) is 11.8 Å². The minimum atomic E-state index is -0.260.